The second-order valence-corrected chi connectivity index (χ2v) is 3.90. The van der Waals surface area contributed by atoms with Crippen LogP contribution in [0.5, 0.6) is 0 Å². The van der Waals surface area contributed by atoms with Gasteiger partial charge in [0.25, 0.3) is 0 Å². The summed E-state index contributed by atoms with van der Waals surface area (Å²) in [5.74, 6) is -0.0427. The third-order valence-corrected chi connectivity index (χ3v) is 2.51. The van der Waals surface area contributed by atoms with Crippen LogP contribution in [0.1, 0.15) is 19.8 Å². The van der Waals surface area contributed by atoms with Crippen molar-refractivity contribution in [1.82, 2.24) is 10.6 Å². The number of carbonyl (C=O) groups excluding carboxylic acids is 1. The number of hydrogen-bond donors (Lipinski definition) is 4. The third-order valence-electron chi connectivity index (χ3n) is 2.14. The van der Waals surface area contributed by atoms with Gasteiger partial charge in [-0.25, -0.2) is 0 Å². The monoisotopic (exact) mass is 255 g/mol. The largest absolute Gasteiger partial charge is 0.404 e. The van der Waals surface area contributed by atoms with E-state index in [1.165, 1.54) is 0 Å². The highest BCUT2D eigenvalue weighted by Crippen LogP contribution is 1.98. The number of allylic oxidation sites excluding steroid dienone is 2. The van der Waals surface area contributed by atoms with Gasteiger partial charge in [-0.2, -0.15) is 0 Å². The van der Waals surface area contributed by atoms with E-state index >= 15 is 0 Å². The van der Waals surface area contributed by atoms with Crippen LogP contribution < -0.4 is 16.4 Å². The smallest absolute Gasteiger partial charge is 0.226 e. The Labute approximate surface area is 108 Å². The highest BCUT2D eigenvalue weighted by atomic mass is 32.1. The van der Waals surface area contributed by atoms with E-state index in [2.05, 4.69) is 29.8 Å². The molecule has 0 aliphatic heterocycles. The molecule has 0 rings (SSSR count). The molecule has 0 aliphatic carbocycles. The van der Waals surface area contributed by atoms with Gasteiger partial charge in [0.1, 0.15) is 0 Å². The summed E-state index contributed by atoms with van der Waals surface area (Å²) in [4.78, 5) is 11.3. The summed E-state index contributed by atoms with van der Waals surface area (Å²) >= 11 is 4.06. The Morgan fingerprint density at radius 3 is 2.59 bits per heavy atom. The summed E-state index contributed by atoms with van der Waals surface area (Å²) in [5, 5.41) is 6.39. The molecule has 0 radical (unpaired) electrons. The summed E-state index contributed by atoms with van der Waals surface area (Å²) in [7, 11) is 0. The topological polar surface area (TPSA) is 67.1 Å². The Bertz CT molecular complexity index is 311. The second-order valence-electron chi connectivity index (χ2n) is 3.42. The number of hydrogen-bond acceptors (Lipinski definition) is 4. The van der Waals surface area contributed by atoms with Crippen LogP contribution in [0.25, 0.3) is 0 Å². The lowest BCUT2D eigenvalue weighted by Crippen LogP contribution is -2.26. The van der Waals surface area contributed by atoms with E-state index in [-0.39, 0.29) is 5.91 Å². The van der Waals surface area contributed by atoms with E-state index in [0.29, 0.717) is 18.0 Å². The number of thiol groups is 1. The molecule has 4 N–H and O–H groups in total. The molecule has 0 saturated carbocycles. The molecule has 0 atom stereocenters. The average molecular weight is 255 g/mol. The standard InChI is InChI=1S/C12H21N3OS/c1-3-10(9-13)5-7-14-8-6-11(16)15-12(17)4-2/h3-4,9,14,17H,1,5-8,13H2,2H3,(H,15,16)/b10-9+,12-4+. The predicted octanol–water partition coefficient (Wildman–Crippen LogP) is 1.29. The van der Waals surface area contributed by atoms with Crippen LogP contribution in [0, 0.1) is 0 Å². The van der Waals surface area contributed by atoms with Gasteiger partial charge in [0, 0.05) is 13.0 Å². The van der Waals surface area contributed by atoms with Crippen molar-refractivity contribution in [3.8, 4) is 0 Å². The van der Waals surface area contributed by atoms with Crippen LogP contribution in [0.4, 0.5) is 0 Å². The van der Waals surface area contributed by atoms with Crippen molar-refractivity contribution in [1.29, 1.82) is 0 Å². The number of nitrogens with two attached hydrogens (primary N) is 1. The van der Waals surface area contributed by atoms with Crippen LogP contribution in [-0.4, -0.2) is 19.0 Å². The van der Waals surface area contributed by atoms with E-state index in [0.717, 1.165) is 18.5 Å². The first kappa shape index (κ1) is 15.8. The minimum absolute atomic E-state index is 0.0427. The Hall–Kier alpha value is -1.20. The molecule has 0 spiro atoms. The van der Waals surface area contributed by atoms with Gasteiger partial charge in [0.2, 0.25) is 5.91 Å². The molecule has 0 fully saturated rings. The molecule has 0 bridgehead atoms. The lowest BCUT2D eigenvalue weighted by Gasteiger charge is -2.06. The van der Waals surface area contributed by atoms with Crippen LogP contribution in [-0.2, 0) is 4.79 Å². The fraction of sp³-hybridized carbons (Fsp3) is 0.417. The molecule has 1 amide bonds. The molecule has 0 heterocycles. The maximum atomic E-state index is 11.3. The van der Waals surface area contributed by atoms with Crippen molar-refractivity contribution in [2.45, 2.75) is 19.8 Å². The van der Waals surface area contributed by atoms with Crippen molar-refractivity contribution in [2.75, 3.05) is 13.1 Å². The lowest BCUT2D eigenvalue weighted by atomic mass is 10.2. The molecule has 0 aliphatic rings. The van der Waals surface area contributed by atoms with Gasteiger partial charge in [-0.3, -0.25) is 4.79 Å². The molecular weight excluding hydrogens is 234 g/mol. The van der Waals surface area contributed by atoms with E-state index in [9.17, 15) is 4.79 Å². The summed E-state index contributed by atoms with van der Waals surface area (Å²) in [6.45, 7) is 6.87. The van der Waals surface area contributed by atoms with Crippen molar-refractivity contribution in [3.05, 3.63) is 35.5 Å². The Morgan fingerprint density at radius 2 is 2.06 bits per heavy atom. The van der Waals surface area contributed by atoms with E-state index in [1.54, 1.807) is 18.4 Å². The van der Waals surface area contributed by atoms with Crippen LogP contribution in [0.15, 0.2) is 35.5 Å². The molecule has 4 nitrogen and oxygen atoms in total. The molecule has 0 aromatic heterocycles. The third kappa shape index (κ3) is 8.59. The van der Waals surface area contributed by atoms with Gasteiger partial charge in [-0.05, 0) is 31.7 Å². The maximum absolute atomic E-state index is 11.3. The zero-order valence-electron chi connectivity index (χ0n) is 10.2. The van der Waals surface area contributed by atoms with E-state index in [4.69, 9.17) is 5.73 Å². The molecule has 0 unspecified atom stereocenters. The zero-order valence-corrected chi connectivity index (χ0v) is 11.1. The maximum Gasteiger partial charge on any atom is 0.226 e. The van der Waals surface area contributed by atoms with Crippen LogP contribution in [0.2, 0.25) is 0 Å². The summed E-state index contributed by atoms with van der Waals surface area (Å²) < 4.78 is 0. The van der Waals surface area contributed by atoms with Gasteiger partial charge in [-0.1, -0.05) is 18.7 Å². The Morgan fingerprint density at radius 1 is 1.41 bits per heavy atom. The van der Waals surface area contributed by atoms with Crippen molar-refractivity contribution < 1.29 is 4.79 Å². The fourth-order valence-corrected chi connectivity index (χ4v) is 1.22. The number of rotatable bonds is 8. The molecule has 0 aromatic carbocycles. The normalized spacial score (nSPS) is 12.4. The van der Waals surface area contributed by atoms with Crippen molar-refractivity contribution in [3.63, 3.8) is 0 Å². The van der Waals surface area contributed by atoms with Gasteiger partial charge in [0.15, 0.2) is 0 Å². The molecule has 5 heteroatoms. The molecule has 96 valence electrons. The van der Waals surface area contributed by atoms with E-state index in [1.807, 2.05) is 6.92 Å². The SMILES string of the molecule is C=C/C(=C\N)CCNCCC(=O)N/C(S)=C\C. The van der Waals surface area contributed by atoms with Gasteiger partial charge in [-0.15, -0.1) is 12.6 Å². The first-order chi connectivity index (χ1) is 8.13. The Balaban J connectivity index is 3.58. The minimum atomic E-state index is -0.0427. The van der Waals surface area contributed by atoms with Gasteiger partial charge < -0.3 is 16.4 Å². The summed E-state index contributed by atoms with van der Waals surface area (Å²) in [6, 6.07) is 0. The minimum Gasteiger partial charge on any atom is -0.404 e. The van der Waals surface area contributed by atoms with Crippen LogP contribution >= 0.6 is 12.6 Å². The number of amides is 1. The Kier molecular flexibility index (Phi) is 9.28. The second kappa shape index (κ2) is 9.99. The quantitative estimate of drug-likeness (QED) is 0.300. The van der Waals surface area contributed by atoms with Crippen molar-refractivity contribution in [2.24, 2.45) is 5.73 Å². The van der Waals surface area contributed by atoms with Gasteiger partial charge >= 0.3 is 0 Å². The number of nitrogens with one attached hydrogen (secondary N) is 2. The molecule has 0 aromatic rings. The highest BCUT2D eigenvalue weighted by molar-refractivity contribution is 7.84. The van der Waals surface area contributed by atoms with E-state index < -0.39 is 0 Å². The fourth-order valence-electron chi connectivity index (χ4n) is 1.09. The number of carbonyl (C=O) groups is 1. The molecule has 17 heavy (non-hydrogen) atoms. The highest BCUT2D eigenvalue weighted by Gasteiger charge is 2.00. The molecular formula is C12H21N3OS. The van der Waals surface area contributed by atoms with Crippen molar-refractivity contribution >= 4 is 18.5 Å². The zero-order chi connectivity index (χ0) is 13.1. The van der Waals surface area contributed by atoms with Gasteiger partial charge in [0.05, 0.1) is 5.03 Å². The molecule has 0 saturated heterocycles. The first-order valence-electron chi connectivity index (χ1n) is 5.53. The summed E-state index contributed by atoms with van der Waals surface area (Å²) in [6.07, 6.45) is 6.24. The lowest BCUT2D eigenvalue weighted by molar-refractivity contribution is -0.120. The summed E-state index contributed by atoms with van der Waals surface area (Å²) in [5.41, 5.74) is 6.37. The van der Waals surface area contributed by atoms with Crippen LogP contribution in [0.3, 0.4) is 0 Å². The average Bonchev–Trinajstić information content (AvgIpc) is 2.33. The first-order valence-corrected chi connectivity index (χ1v) is 5.97. The predicted molar refractivity (Wildman–Crippen MR) is 75.5 cm³/mol.